The van der Waals surface area contributed by atoms with Crippen molar-refractivity contribution in [2.45, 2.75) is 112 Å². The number of nitrogens with one attached hydrogen (secondary N) is 1. The van der Waals surface area contributed by atoms with E-state index in [9.17, 15) is 24.0 Å². The van der Waals surface area contributed by atoms with Crippen LogP contribution in [0.15, 0.2) is 11.4 Å². The number of nitrogens with zero attached hydrogens (tertiary/aromatic N) is 5. The zero-order valence-corrected chi connectivity index (χ0v) is 38.0. The molecular weight excluding hydrogens is 773 g/mol. The topological polar surface area (TPSA) is 132 Å². The first-order valence-corrected chi connectivity index (χ1v) is 22.1. The Bertz CT molecular complexity index is 2700. The zero-order valence-electron chi connectivity index (χ0n) is 38.0. The highest BCUT2D eigenvalue weighted by atomic mass is 16.6. The molecule has 61 heavy (non-hydrogen) atoms. The van der Waals surface area contributed by atoms with E-state index in [2.05, 4.69) is 62.6 Å². The normalized spacial score (nSPS) is 26.5. The third-order valence-electron chi connectivity index (χ3n) is 14.7. The number of allylic oxidation sites excluding steroid dienone is 2. The number of carbonyl (C=O) groups is 5. The Morgan fingerprint density at radius 1 is 0.951 bits per heavy atom. The summed E-state index contributed by atoms with van der Waals surface area (Å²) in [5.74, 6) is -3.46. The first-order chi connectivity index (χ1) is 28.6. The fourth-order valence-electron chi connectivity index (χ4n) is 12.1. The van der Waals surface area contributed by atoms with E-state index in [1.54, 1.807) is 6.92 Å². The van der Waals surface area contributed by atoms with Crippen LogP contribution >= 0.6 is 0 Å². The number of rotatable bonds is 12. The van der Waals surface area contributed by atoms with Crippen LogP contribution in [0.2, 0.25) is 0 Å². The number of hydrogen-bond acceptors (Lipinski definition) is 7. The number of aromatic nitrogens is 2. The molecule has 13 nitrogen and oxygen atoms in total. The van der Waals surface area contributed by atoms with Crippen LogP contribution in [-0.2, 0) is 29.8 Å². The lowest BCUT2D eigenvalue weighted by Crippen LogP contribution is -2.70. The van der Waals surface area contributed by atoms with Crippen molar-refractivity contribution >= 4 is 64.6 Å². The fraction of sp³-hybridized carbons (Fsp3) is 0.562. The molecule has 8 heterocycles. The van der Waals surface area contributed by atoms with Gasteiger partial charge >= 0.3 is 17.8 Å². The average Bonchev–Trinajstić information content (AvgIpc) is 3.90. The molecule has 2 aromatic rings. The number of methoxy groups -OCH3 is 1. The van der Waals surface area contributed by atoms with Gasteiger partial charge in [-0.25, -0.2) is 4.79 Å². The molecule has 0 aromatic carbocycles. The Morgan fingerprint density at radius 3 is 2.23 bits per heavy atom. The van der Waals surface area contributed by atoms with Gasteiger partial charge in [0, 0.05) is 48.7 Å². The number of likely N-dealkylation sites (N-methyl/N-ethyl adjacent to an activating group) is 1. The minimum absolute atomic E-state index is 0.00367. The molecule has 322 valence electrons. The van der Waals surface area contributed by atoms with E-state index < -0.39 is 23.4 Å². The van der Waals surface area contributed by atoms with Crippen LogP contribution in [0.4, 0.5) is 0 Å². The van der Waals surface area contributed by atoms with Crippen molar-refractivity contribution in [3.63, 3.8) is 0 Å². The number of amides is 1. The molecule has 6 aliphatic heterocycles. The van der Waals surface area contributed by atoms with Gasteiger partial charge < -0.3 is 19.3 Å². The Hall–Kier alpha value is -5.17. The molecule has 0 radical (unpaired) electrons. The summed E-state index contributed by atoms with van der Waals surface area (Å²) >= 11 is 0. The Labute approximate surface area is 357 Å². The van der Waals surface area contributed by atoms with Crippen LogP contribution in [0, 0.1) is 43.4 Å². The smallest absolute Gasteiger partial charge is 0.468 e. The second kappa shape index (κ2) is 13.4. The summed E-state index contributed by atoms with van der Waals surface area (Å²) in [6, 6.07) is -0.377. The van der Waals surface area contributed by atoms with Gasteiger partial charge in [-0.1, -0.05) is 29.9 Å². The number of fused-ring (bicyclic) bond motifs is 1. The second-order valence-electron chi connectivity index (χ2n) is 20.2. The number of esters is 2. The predicted molar refractivity (Wildman–Crippen MR) is 230 cm³/mol. The van der Waals surface area contributed by atoms with Crippen LogP contribution in [0.1, 0.15) is 124 Å². The van der Waals surface area contributed by atoms with Gasteiger partial charge in [0.05, 0.1) is 79.6 Å². The molecule has 13 heteroatoms. The summed E-state index contributed by atoms with van der Waals surface area (Å²) in [5, 5.41) is 4.79. The quantitative estimate of drug-likeness (QED) is 0.0860. The average molecular weight is 834 g/mol. The lowest BCUT2D eigenvalue weighted by atomic mass is 9.81. The summed E-state index contributed by atoms with van der Waals surface area (Å²) in [5.41, 5.74) is 9.04. The van der Waals surface area contributed by atoms with Crippen LogP contribution < -0.4 is 16.0 Å². The van der Waals surface area contributed by atoms with Crippen molar-refractivity contribution < 1.29 is 47.1 Å². The van der Waals surface area contributed by atoms with Crippen molar-refractivity contribution in [1.82, 2.24) is 14.5 Å². The minimum atomic E-state index is -1.15. The molecule has 0 bridgehead atoms. The van der Waals surface area contributed by atoms with Crippen LogP contribution in [0.3, 0.4) is 0 Å². The molecular formula is C48H61N6O7+3. The highest BCUT2D eigenvalue weighted by Crippen LogP contribution is 2.55. The molecule has 1 unspecified atom stereocenters. The molecule has 0 saturated carbocycles. The summed E-state index contributed by atoms with van der Waals surface area (Å²) in [4.78, 5) is 69.4. The van der Waals surface area contributed by atoms with Gasteiger partial charge in [-0.3, -0.25) is 19.2 Å². The lowest BCUT2D eigenvalue weighted by Gasteiger charge is -2.39. The molecule has 1 amide bonds. The number of carbonyl (C=O) groups excluding carboxylic acids is 5. The SMILES string of the molecule is CC[C@H]1C2=[N+]3C(=Cc4c(C(C)=O)c(C)c5n4[C@]34n3c(c(C)c6c3=C(C3=[N+]4C(=C5)[C@@H](C)[C@@H]3CCC(=O)NCCC[C@@H](C(=O)OC(C)(C)C)[N+](C)(C)C)C(C(=O)OC)C6=O)=C2)[C@@H]1C. The third-order valence-corrected chi connectivity index (χ3v) is 14.7. The molecule has 1 N–H and O–H groups in total. The molecule has 1 spiro atoms. The molecule has 7 atom stereocenters. The summed E-state index contributed by atoms with van der Waals surface area (Å²) < 4.78 is 21.0. The molecule has 1 aliphatic carbocycles. The molecule has 0 fully saturated rings. The highest BCUT2D eigenvalue weighted by molar-refractivity contribution is 6.34. The summed E-state index contributed by atoms with van der Waals surface area (Å²) in [6.07, 6.45) is 9.44. The Kier molecular flexibility index (Phi) is 9.06. The van der Waals surface area contributed by atoms with Crippen molar-refractivity contribution in [3.8, 4) is 0 Å². The zero-order chi connectivity index (χ0) is 44.2. The number of hydrogen-bond donors (Lipinski definition) is 1. The molecule has 9 rings (SSSR count). The minimum Gasteiger partial charge on any atom is -0.468 e. The monoisotopic (exact) mass is 833 g/mol. The van der Waals surface area contributed by atoms with E-state index in [1.165, 1.54) is 12.8 Å². The van der Waals surface area contributed by atoms with Gasteiger partial charge in [0.25, 0.3) is 0 Å². The number of ether oxygens (including phenoxy) is 2. The van der Waals surface area contributed by atoms with E-state index in [-0.39, 0.29) is 59.6 Å². The van der Waals surface area contributed by atoms with Crippen LogP contribution in [0.25, 0.3) is 23.8 Å². The van der Waals surface area contributed by atoms with Crippen molar-refractivity contribution in [2.75, 3.05) is 34.8 Å². The van der Waals surface area contributed by atoms with E-state index in [1.807, 2.05) is 55.8 Å². The van der Waals surface area contributed by atoms with Gasteiger partial charge in [0.2, 0.25) is 11.6 Å². The molecule has 7 aliphatic rings. The van der Waals surface area contributed by atoms with Gasteiger partial charge in [-0.2, -0.15) is 9.13 Å². The van der Waals surface area contributed by atoms with Crippen molar-refractivity contribution in [3.05, 3.63) is 55.7 Å². The maximum absolute atomic E-state index is 14.8. The third kappa shape index (κ3) is 5.31. The molecule has 2 aromatic heterocycles. The van der Waals surface area contributed by atoms with Crippen molar-refractivity contribution in [2.24, 2.45) is 29.6 Å². The standard InChI is InChI=1S/C48H60N6O7/c1-14-28-23(2)30-22-35-38(27(6)55)25(4)32-20-31-24(3)29(17-18-37(56)49-19-15-16-36(54(10,11)12)45(58)61-47(7,8)9)42-40-41(46(59)60-13)44(57)39-26(5)33-21-34(28)50(30)48(51(32)35,52(31)42)53(33)43(39)40/h20-24,28-29,36,41H,14-19H2,1-13H3/q+2/p+1/t23-,24+,28-,29+,36+,41?,48-/m1/s1. The fourth-order valence-corrected chi connectivity index (χ4v) is 12.1. The highest BCUT2D eigenvalue weighted by Gasteiger charge is 2.77. The van der Waals surface area contributed by atoms with E-state index in [0.717, 1.165) is 56.7 Å². The largest absolute Gasteiger partial charge is 0.552 e. The number of Topliss-reactive ketones (excluding diaryl/α,β-unsaturated/α-hetero) is 2. The van der Waals surface area contributed by atoms with Crippen molar-refractivity contribution in [1.29, 1.82) is 0 Å². The second-order valence-corrected chi connectivity index (χ2v) is 20.2. The van der Waals surface area contributed by atoms with E-state index in [0.29, 0.717) is 47.0 Å². The van der Waals surface area contributed by atoms with E-state index >= 15 is 0 Å². The summed E-state index contributed by atoms with van der Waals surface area (Å²) in [7, 11) is 7.27. The Morgan fingerprint density at radius 2 is 1.61 bits per heavy atom. The number of quaternary nitrogens is 1. The molecule has 0 saturated heterocycles. The first kappa shape index (κ1) is 41.2. The maximum Gasteiger partial charge on any atom is 0.552 e. The van der Waals surface area contributed by atoms with Gasteiger partial charge in [0.15, 0.2) is 40.6 Å². The number of ketones is 2. The predicted octanol–water partition coefficient (Wildman–Crippen LogP) is 3.82. The summed E-state index contributed by atoms with van der Waals surface area (Å²) in [6.45, 7) is 18.4. The van der Waals surface area contributed by atoms with Crippen LogP contribution in [0.5, 0.6) is 0 Å². The maximum atomic E-state index is 14.8. The van der Waals surface area contributed by atoms with Gasteiger partial charge in [0.1, 0.15) is 5.60 Å². The van der Waals surface area contributed by atoms with E-state index in [4.69, 9.17) is 9.47 Å². The lowest BCUT2D eigenvalue weighted by molar-refractivity contribution is -0.887. The van der Waals surface area contributed by atoms with Gasteiger partial charge in [-0.05, 0) is 71.9 Å². The van der Waals surface area contributed by atoms with Crippen LogP contribution in [-0.4, -0.2) is 110 Å². The Balaban J connectivity index is 1.17. The first-order valence-electron chi connectivity index (χ1n) is 22.1. The van der Waals surface area contributed by atoms with Gasteiger partial charge in [-0.15, -0.1) is 0 Å².